The van der Waals surface area contributed by atoms with Crippen LogP contribution in [0.1, 0.15) is 18.9 Å². The van der Waals surface area contributed by atoms with Crippen molar-refractivity contribution in [3.63, 3.8) is 0 Å². The minimum Gasteiger partial charge on any atom is -0.493 e. The van der Waals surface area contributed by atoms with E-state index in [2.05, 4.69) is 0 Å². The molecule has 1 heterocycles. The number of benzene rings is 1. The van der Waals surface area contributed by atoms with E-state index in [0.717, 1.165) is 5.56 Å². The van der Waals surface area contributed by atoms with Gasteiger partial charge in [-0.1, -0.05) is 18.2 Å². The standard InChI is InChI=1S/C17H22N2O4/c1-3-4-12-5-6-14(15(9-12)22-2)23-11-16(20)19-8-7-13(10-19)17(18)21/h3-6,9,13H,7-8,10-11H2,1-2H3,(H2,18,21)/b4-3+. The van der Waals surface area contributed by atoms with E-state index < -0.39 is 0 Å². The number of methoxy groups -OCH3 is 1. The lowest BCUT2D eigenvalue weighted by molar-refractivity contribution is -0.132. The highest BCUT2D eigenvalue weighted by Gasteiger charge is 2.29. The smallest absolute Gasteiger partial charge is 0.260 e. The fourth-order valence-electron chi connectivity index (χ4n) is 2.55. The number of rotatable bonds is 6. The third kappa shape index (κ3) is 4.25. The second kappa shape index (κ2) is 7.67. The van der Waals surface area contributed by atoms with E-state index in [0.29, 0.717) is 31.0 Å². The zero-order valence-electron chi connectivity index (χ0n) is 13.5. The molecule has 6 nitrogen and oxygen atoms in total. The number of carbonyl (C=O) groups excluding carboxylic acids is 2. The van der Waals surface area contributed by atoms with Gasteiger partial charge < -0.3 is 20.1 Å². The van der Waals surface area contributed by atoms with Gasteiger partial charge in [0.15, 0.2) is 18.1 Å². The third-order valence-corrected chi connectivity index (χ3v) is 3.84. The molecule has 0 aromatic heterocycles. The highest BCUT2D eigenvalue weighted by atomic mass is 16.5. The zero-order chi connectivity index (χ0) is 16.8. The van der Waals surface area contributed by atoms with Crippen LogP contribution >= 0.6 is 0 Å². The summed E-state index contributed by atoms with van der Waals surface area (Å²) in [5.41, 5.74) is 6.26. The molecule has 0 spiro atoms. The molecule has 1 aromatic rings. The molecule has 1 unspecified atom stereocenters. The number of carbonyl (C=O) groups is 2. The van der Waals surface area contributed by atoms with Gasteiger partial charge in [-0.2, -0.15) is 0 Å². The number of nitrogens with zero attached hydrogens (tertiary/aromatic N) is 1. The van der Waals surface area contributed by atoms with Gasteiger partial charge in [0.2, 0.25) is 5.91 Å². The molecule has 1 saturated heterocycles. The van der Waals surface area contributed by atoms with Gasteiger partial charge in [-0.3, -0.25) is 9.59 Å². The number of ether oxygens (including phenoxy) is 2. The van der Waals surface area contributed by atoms with Crippen molar-refractivity contribution in [2.45, 2.75) is 13.3 Å². The molecular weight excluding hydrogens is 296 g/mol. The molecule has 0 radical (unpaired) electrons. The highest BCUT2D eigenvalue weighted by molar-refractivity contribution is 5.81. The van der Waals surface area contributed by atoms with Crippen LogP contribution in [0, 0.1) is 5.92 Å². The monoisotopic (exact) mass is 318 g/mol. The van der Waals surface area contributed by atoms with Gasteiger partial charge in [0, 0.05) is 13.1 Å². The normalized spacial score (nSPS) is 17.5. The summed E-state index contributed by atoms with van der Waals surface area (Å²) in [6.45, 7) is 2.75. The van der Waals surface area contributed by atoms with Crippen LogP contribution < -0.4 is 15.2 Å². The Balaban J connectivity index is 1.95. The summed E-state index contributed by atoms with van der Waals surface area (Å²) in [4.78, 5) is 24.9. The van der Waals surface area contributed by atoms with Gasteiger partial charge >= 0.3 is 0 Å². The topological polar surface area (TPSA) is 81.9 Å². The van der Waals surface area contributed by atoms with Gasteiger partial charge in [-0.25, -0.2) is 0 Å². The van der Waals surface area contributed by atoms with Crippen LogP contribution in [0.2, 0.25) is 0 Å². The summed E-state index contributed by atoms with van der Waals surface area (Å²) >= 11 is 0. The lowest BCUT2D eigenvalue weighted by Gasteiger charge is -2.17. The van der Waals surface area contributed by atoms with E-state index in [1.54, 1.807) is 18.1 Å². The van der Waals surface area contributed by atoms with Gasteiger partial charge in [0.05, 0.1) is 13.0 Å². The molecule has 2 rings (SSSR count). The molecule has 2 N–H and O–H groups in total. The molecular formula is C17H22N2O4. The number of likely N-dealkylation sites (tertiary alicyclic amines) is 1. The number of allylic oxidation sites excluding steroid dienone is 1. The molecule has 1 atom stereocenters. The maximum absolute atomic E-state index is 12.2. The van der Waals surface area contributed by atoms with Gasteiger partial charge in [-0.05, 0) is 31.0 Å². The Kier molecular flexibility index (Phi) is 5.62. The summed E-state index contributed by atoms with van der Waals surface area (Å²) in [5.74, 6) is 0.314. The van der Waals surface area contributed by atoms with Crippen molar-refractivity contribution in [2.24, 2.45) is 11.7 Å². The largest absolute Gasteiger partial charge is 0.493 e. The Morgan fingerprint density at radius 1 is 1.39 bits per heavy atom. The Morgan fingerprint density at radius 2 is 2.17 bits per heavy atom. The number of hydrogen-bond acceptors (Lipinski definition) is 4. The first-order valence-electron chi connectivity index (χ1n) is 7.55. The van der Waals surface area contributed by atoms with Crippen molar-refractivity contribution in [3.8, 4) is 11.5 Å². The first-order chi connectivity index (χ1) is 11.0. The first-order valence-corrected chi connectivity index (χ1v) is 7.55. The first kappa shape index (κ1) is 16.9. The highest BCUT2D eigenvalue weighted by Crippen LogP contribution is 2.28. The van der Waals surface area contributed by atoms with E-state index in [1.807, 2.05) is 31.2 Å². The van der Waals surface area contributed by atoms with Crippen molar-refractivity contribution in [1.29, 1.82) is 0 Å². The molecule has 0 aliphatic carbocycles. The van der Waals surface area contributed by atoms with Crippen molar-refractivity contribution < 1.29 is 19.1 Å². The van der Waals surface area contributed by atoms with Gasteiger partial charge in [0.1, 0.15) is 0 Å². The van der Waals surface area contributed by atoms with Gasteiger partial charge in [-0.15, -0.1) is 0 Å². The van der Waals surface area contributed by atoms with E-state index in [-0.39, 0.29) is 24.3 Å². The second-order valence-corrected chi connectivity index (χ2v) is 5.43. The number of hydrogen-bond donors (Lipinski definition) is 1. The minimum absolute atomic E-state index is 0.0925. The van der Waals surface area contributed by atoms with Crippen molar-refractivity contribution >= 4 is 17.9 Å². The van der Waals surface area contributed by atoms with E-state index in [1.165, 1.54) is 0 Å². The van der Waals surface area contributed by atoms with E-state index in [4.69, 9.17) is 15.2 Å². The lowest BCUT2D eigenvalue weighted by atomic mass is 10.1. The number of nitrogens with two attached hydrogens (primary N) is 1. The quantitative estimate of drug-likeness (QED) is 0.860. The van der Waals surface area contributed by atoms with Crippen molar-refractivity contribution in [1.82, 2.24) is 4.90 Å². The molecule has 1 fully saturated rings. The molecule has 1 aliphatic heterocycles. The molecule has 124 valence electrons. The molecule has 1 aromatic carbocycles. The maximum atomic E-state index is 12.2. The van der Waals surface area contributed by atoms with Crippen LogP contribution in [-0.4, -0.2) is 43.5 Å². The predicted molar refractivity (Wildman–Crippen MR) is 87.1 cm³/mol. The molecule has 6 heteroatoms. The molecule has 1 aliphatic rings. The summed E-state index contributed by atoms with van der Waals surface area (Å²) in [6.07, 6.45) is 4.50. The summed E-state index contributed by atoms with van der Waals surface area (Å²) in [7, 11) is 1.56. The van der Waals surface area contributed by atoms with Crippen molar-refractivity contribution in [2.75, 3.05) is 26.8 Å². The van der Waals surface area contributed by atoms with Crippen molar-refractivity contribution in [3.05, 3.63) is 29.8 Å². The van der Waals surface area contributed by atoms with Crippen LogP contribution in [0.5, 0.6) is 11.5 Å². The number of primary amides is 1. The van der Waals surface area contributed by atoms with Crippen LogP contribution in [0.15, 0.2) is 24.3 Å². The van der Waals surface area contributed by atoms with Crippen LogP contribution in [0.3, 0.4) is 0 Å². The molecule has 0 bridgehead atoms. The second-order valence-electron chi connectivity index (χ2n) is 5.43. The van der Waals surface area contributed by atoms with Gasteiger partial charge in [0.25, 0.3) is 5.91 Å². The average Bonchev–Trinajstić information content (AvgIpc) is 3.03. The van der Waals surface area contributed by atoms with Crippen LogP contribution in [0.25, 0.3) is 6.08 Å². The SMILES string of the molecule is C/C=C/c1ccc(OCC(=O)N2CCC(C(N)=O)C2)c(OC)c1. The predicted octanol–water partition coefficient (Wildman–Crippen LogP) is 1.44. The molecule has 2 amide bonds. The maximum Gasteiger partial charge on any atom is 0.260 e. The average molecular weight is 318 g/mol. The summed E-state index contributed by atoms with van der Waals surface area (Å²) in [5, 5.41) is 0. The fourth-order valence-corrected chi connectivity index (χ4v) is 2.55. The Bertz CT molecular complexity index is 613. The fraction of sp³-hybridized carbons (Fsp3) is 0.412. The molecule has 23 heavy (non-hydrogen) atoms. The lowest BCUT2D eigenvalue weighted by Crippen LogP contribution is -2.34. The summed E-state index contributed by atoms with van der Waals surface area (Å²) in [6, 6.07) is 5.51. The van der Waals surface area contributed by atoms with E-state index >= 15 is 0 Å². The Morgan fingerprint density at radius 3 is 2.78 bits per heavy atom. The Hall–Kier alpha value is -2.50. The third-order valence-electron chi connectivity index (χ3n) is 3.84. The van der Waals surface area contributed by atoms with Crippen LogP contribution in [-0.2, 0) is 9.59 Å². The van der Waals surface area contributed by atoms with Crippen LogP contribution in [0.4, 0.5) is 0 Å². The molecule has 0 saturated carbocycles. The number of amides is 2. The Labute approximate surface area is 135 Å². The van der Waals surface area contributed by atoms with E-state index in [9.17, 15) is 9.59 Å². The summed E-state index contributed by atoms with van der Waals surface area (Å²) < 4.78 is 10.9. The minimum atomic E-state index is -0.359. The zero-order valence-corrected chi connectivity index (χ0v) is 13.5.